The zero-order valence-corrected chi connectivity index (χ0v) is 7.65. The second-order valence-electron chi connectivity index (χ2n) is 2.05. The molecular formula is C10H12O3. The maximum Gasteiger partial charge on any atom is 0.335 e. The molecule has 0 aromatic heterocycles. The van der Waals surface area contributed by atoms with Crippen LogP contribution in [0.1, 0.15) is 34.6 Å². The van der Waals surface area contributed by atoms with Gasteiger partial charge in [0.15, 0.2) is 0 Å². The Hall–Kier alpha value is -1.64. The van der Waals surface area contributed by atoms with Crippen molar-refractivity contribution < 1.29 is 14.7 Å². The highest BCUT2D eigenvalue weighted by Gasteiger charge is 1.99. The number of aldehydes is 1. The predicted molar refractivity (Wildman–Crippen MR) is 50.1 cm³/mol. The van der Waals surface area contributed by atoms with Crippen molar-refractivity contribution in [1.82, 2.24) is 0 Å². The van der Waals surface area contributed by atoms with Gasteiger partial charge in [0.25, 0.3) is 0 Å². The van der Waals surface area contributed by atoms with Crippen molar-refractivity contribution in [1.29, 1.82) is 0 Å². The summed E-state index contributed by atoms with van der Waals surface area (Å²) in [5.74, 6) is -0.984. The highest BCUT2D eigenvalue weighted by molar-refractivity contribution is 5.88. The van der Waals surface area contributed by atoms with Crippen molar-refractivity contribution in [3.8, 4) is 0 Å². The van der Waals surface area contributed by atoms with Gasteiger partial charge in [0.2, 0.25) is 0 Å². The zero-order valence-electron chi connectivity index (χ0n) is 7.65. The Labute approximate surface area is 77.0 Å². The van der Waals surface area contributed by atoms with Crippen LogP contribution >= 0.6 is 0 Å². The van der Waals surface area contributed by atoms with E-state index >= 15 is 0 Å². The smallest absolute Gasteiger partial charge is 0.335 e. The van der Waals surface area contributed by atoms with Crippen LogP contribution in [0.2, 0.25) is 0 Å². The van der Waals surface area contributed by atoms with E-state index in [2.05, 4.69) is 0 Å². The van der Waals surface area contributed by atoms with Crippen LogP contribution in [0, 0.1) is 0 Å². The van der Waals surface area contributed by atoms with Crippen molar-refractivity contribution >= 4 is 12.3 Å². The van der Waals surface area contributed by atoms with Crippen molar-refractivity contribution in [2.24, 2.45) is 0 Å². The van der Waals surface area contributed by atoms with Crippen molar-refractivity contribution in [2.75, 3.05) is 0 Å². The van der Waals surface area contributed by atoms with Crippen LogP contribution in [0.3, 0.4) is 0 Å². The van der Waals surface area contributed by atoms with Gasteiger partial charge in [-0.1, -0.05) is 26.0 Å². The fourth-order valence-electron chi connectivity index (χ4n) is 0.704. The summed E-state index contributed by atoms with van der Waals surface area (Å²) in [6, 6.07) is 5.73. The lowest BCUT2D eigenvalue weighted by Crippen LogP contribution is -1.95. The molecule has 70 valence electrons. The number of rotatable bonds is 2. The maximum absolute atomic E-state index is 10.3. The quantitative estimate of drug-likeness (QED) is 0.710. The van der Waals surface area contributed by atoms with Gasteiger partial charge in [-0.3, -0.25) is 4.79 Å². The minimum absolute atomic E-state index is 0.190. The van der Waals surface area contributed by atoms with E-state index in [1.54, 1.807) is 0 Å². The fraction of sp³-hybridized carbons (Fsp3) is 0.200. The number of hydrogen-bond acceptors (Lipinski definition) is 2. The van der Waals surface area contributed by atoms with Gasteiger partial charge in [-0.2, -0.15) is 0 Å². The largest absolute Gasteiger partial charge is 0.478 e. The third kappa shape index (κ3) is 3.51. The van der Waals surface area contributed by atoms with Crippen LogP contribution in [0.15, 0.2) is 24.3 Å². The molecule has 0 saturated heterocycles. The Morgan fingerprint density at radius 2 is 1.69 bits per heavy atom. The van der Waals surface area contributed by atoms with Crippen LogP contribution in [-0.2, 0) is 0 Å². The van der Waals surface area contributed by atoms with Gasteiger partial charge < -0.3 is 5.11 Å². The van der Waals surface area contributed by atoms with Crippen molar-refractivity contribution in [2.45, 2.75) is 13.8 Å². The second-order valence-corrected chi connectivity index (χ2v) is 2.05. The molecule has 0 unspecified atom stereocenters. The van der Waals surface area contributed by atoms with Gasteiger partial charge in [0.05, 0.1) is 5.56 Å². The number of carbonyl (C=O) groups excluding carboxylic acids is 1. The Morgan fingerprint density at radius 3 is 2.00 bits per heavy atom. The molecule has 1 rings (SSSR count). The normalized spacial score (nSPS) is 8.15. The van der Waals surface area contributed by atoms with E-state index in [4.69, 9.17) is 5.11 Å². The molecule has 0 bridgehead atoms. The molecule has 0 aliphatic heterocycles. The minimum Gasteiger partial charge on any atom is -0.478 e. The summed E-state index contributed by atoms with van der Waals surface area (Å²) in [4.78, 5) is 20.5. The molecule has 3 heteroatoms. The lowest BCUT2D eigenvalue weighted by Gasteiger charge is -1.92. The van der Waals surface area contributed by atoms with Crippen LogP contribution in [0.25, 0.3) is 0 Å². The second kappa shape index (κ2) is 5.94. The first-order valence-corrected chi connectivity index (χ1v) is 4.02. The first kappa shape index (κ1) is 11.4. The molecule has 0 radical (unpaired) electrons. The predicted octanol–water partition coefficient (Wildman–Crippen LogP) is 2.22. The summed E-state index contributed by atoms with van der Waals surface area (Å²) in [5.41, 5.74) is 0.672. The molecule has 0 amide bonds. The van der Waals surface area contributed by atoms with Crippen LogP contribution < -0.4 is 0 Å². The molecule has 0 heterocycles. The van der Waals surface area contributed by atoms with Gasteiger partial charge in [-0.15, -0.1) is 0 Å². The number of carboxylic acid groups (broad SMARTS) is 1. The molecule has 13 heavy (non-hydrogen) atoms. The molecule has 0 saturated carbocycles. The van der Waals surface area contributed by atoms with Crippen LogP contribution in [-0.4, -0.2) is 17.4 Å². The number of hydrogen-bond donors (Lipinski definition) is 1. The maximum atomic E-state index is 10.3. The molecule has 1 aromatic rings. The lowest BCUT2D eigenvalue weighted by atomic mass is 10.1. The van der Waals surface area contributed by atoms with E-state index in [0.29, 0.717) is 11.8 Å². The van der Waals surface area contributed by atoms with E-state index in [0.717, 1.165) is 0 Å². The van der Waals surface area contributed by atoms with Crippen molar-refractivity contribution in [3.63, 3.8) is 0 Å². The third-order valence-electron chi connectivity index (χ3n) is 1.29. The Balaban J connectivity index is 0.000000671. The summed E-state index contributed by atoms with van der Waals surface area (Å²) in [7, 11) is 0. The lowest BCUT2D eigenvalue weighted by molar-refractivity contribution is 0.0696. The SMILES string of the molecule is CC.O=Cc1ccc(C(=O)O)cc1. The average Bonchev–Trinajstić information content (AvgIpc) is 2.21. The average molecular weight is 180 g/mol. The molecule has 1 aromatic carbocycles. The number of carboxylic acids is 1. The van der Waals surface area contributed by atoms with E-state index in [9.17, 15) is 9.59 Å². The summed E-state index contributed by atoms with van der Waals surface area (Å²) in [6.45, 7) is 4.00. The van der Waals surface area contributed by atoms with Gasteiger partial charge >= 0.3 is 5.97 Å². The van der Waals surface area contributed by atoms with Gasteiger partial charge in [-0.25, -0.2) is 4.79 Å². The first-order chi connectivity index (χ1) is 6.24. The Kier molecular flexibility index (Phi) is 5.19. The highest BCUT2D eigenvalue weighted by atomic mass is 16.4. The van der Waals surface area contributed by atoms with Crippen LogP contribution in [0.5, 0.6) is 0 Å². The number of aromatic carboxylic acids is 1. The van der Waals surface area contributed by atoms with Crippen LogP contribution in [0.4, 0.5) is 0 Å². The molecule has 0 atom stereocenters. The number of carbonyl (C=O) groups is 2. The standard InChI is InChI=1S/C8H6O3.C2H6/c9-5-6-1-3-7(4-2-6)8(10)11;1-2/h1-5H,(H,10,11);1-2H3. The molecule has 1 N–H and O–H groups in total. The summed E-state index contributed by atoms with van der Waals surface area (Å²) >= 11 is 0. The zero-order chi connectivity index (χ0) is 10.3. The molecule has 0 spiro atoms. The van der Waals surface area contributed by atoms with Gasteiger partial charge in [-0.05, 0) is 12.1 Å². The monoisotopic (exact) mass is 180 g/mol. The molecule has 0 fully saturated rings. The topological polar surface area (TPSA) is 54.4 Å². The van der Waals surface area contributed by atoms with E-state index in [-0.39, 0.29) is 5.56 Å². The summed E-state index contributed by atoms with van der Waals surface area (Å²) in [6.07, 6.45) is 0.672. The minimum atomic E-state index is -0.984. The summed E-state index contributed by atoms with van der Waals surface area (Å²) < 4.78 is 0. The molecule has 0 aliphatic rings. The molecular weight excluding hydrogens is 168 g/mol. The van der Waals surface area contributed by atoms with E-state index in [1.807, 2.05) is 13.8 Å². The third-order valence-corrected chi connectivity index (χ3v) is 1.29. The van der Waals surface area contributed by atoms with Crippen molar-refractivity contribution in [3.05, 3.63) is 35.4 Å². The first-order valence-electron chi connectivity index (χ1n) is 4.02. The summed E-state index contributed by atoms with van der Waals surface area (Å²) in [5, 5.41) is 8.46. The fourth-order valence-corrected chi connectivity index (χ4v) is 0.704. The van der Waals surface area contributed by atoms with E-state index in [1.165, 1.54) is 24.3 Å². The van der Waals surface area contributed by atoms with Gasteiger partial charge in [0.1, 0.15) is 6.29 Å². The Morgan fingerprint density at radius 1 is 1.23 bits per heavy atom. The van der Waals surface area contributed by atoms with Gasteiger partial charge in [0, 0.05) is 5.56 Å². The van der Waals surface area contributed by atoms with E-state index < -0.39 is 5.97 Å². The Bertz CT molecular complexity index is 275. The number of benzene rings is 1. The molecule has 3 nitrogen and oxygen atoms in total. The highest BCUT2D eigenvalue weighted by Crippen LogP contribution is 2.01. The molecule has 0 aliphatic carbocycles.